The summed E-state index contributed by atoms with van der Waals surface area (Å²) < 4.78 is 6.99. The second kappa shape index (κ2) is 8.31. The van der Waals surface area contributed by atoms with Gasteiger partial charge in [-0.05, 0) is 55.1 Å². The third kappa shape index (κ3) is 4.29. The van der Waals surface area contributed by atoms with E-state index >= 15 is 0 Å². The molecule has 3 aromatic rings. The van der Waals surface area contributed by atoms with Gasteiger partial charge in [0.1, 0.15) is 5.75 Å². The fraction of sp³-hybridized carbons (Fsp3) is 0.222. The molecule has 0 aliphatic carbocycles. The van der Waals surface area contributed by atoms with Crippen molar-refractivity contribution >= 4 is 23.5 Å². The highest BCUT2D eigenvalue weighted by atomic mass is 32.2. The third-order valence-electron chi connectivity index (χ3n) is 3.62. The van der Waals surface area contributed by atoms with E-state index in [-0.39, 0.29) is 0 Å². The number of ether oxygens (including phenoxy) is 1. The Balaban J connectivity index is 1.69. The molecule has 3 rings (SSSR count). The van der Waals surface area contributed by atoms with Gasteiger partial charge in [-0.1, -0.05) is 23.9 Å². The number of benzene rings is 2. The Hall–Kier alpha value is -2.12. The zero-order valence-electron chi connectivity index (χ0n) is 14.2. The Morgan fingerprint density at radius 3 is 2.40 bits per heavy atom. The molecule has 2 N–H and O–H groups in total. The van der Waals surface area contributed by atoms with Crippen LogP contribution < -0.4 is 10.6 Å². The van der Waals surface area contributed by atoms with Crippen LogP contribution in [-0.2, 0) is 5.75 Å². The van der Waals surface area contributed by atoms with Crippen LogP contribution in [0.4, 0.5) is 0 Å². The van der Waals surface area contributed by atoms with E-state index in [9.17, 15) is 0 Å². The molecule has 0 bridgehead atoms. The van der Waals surface area contributed by atoms with E-state index in [2.05, 4.69) is 40.7 Å². The fourth-order valence-corrected chi connectivity index (χ4v) is 3.53. The molecule has 25 heavy (non-hydrogen) atoms. The maximum Gasteiger partial charge on any atom is 0.210 e. The number of nitrogens with two attached hydrogens (primary N) is 1. The van der Waals surface area contributed by atoms with Gasteiger partial charge in [-0.3, -0.25) is 0 Å². The topological polar surface area (TPSA) is 66.0 Å². The van der Waals surface area contributed by atoms with Gasteiger partial charge in [-0.15, -0.1) is 22.0 Å². The standard InChI is InChI=1S/C18H20N4OS2/c1-3-23-15-8-6-14(7-9-15)17-20-21-18(22(17)19)25-12-13-4-10-16(24-2)11-5-13/h4-11H,3,12,19H2,1-2H3. The van der Waals surface area contributed by atoms with Crippen molar-refractivity contribution in [3.8, 4) is 17.1 Å². The quantitative estimate of drug-likeness (QED) is 0.498. The summed E-state index contributed by atoms with van der Waals surface area (Å²) in [4.78, 5) is 1.26. The summed E-state index contributed by atoms with van der Waals surface area (Å²) in [6, 6.07) is 16.2. The van der Waals surface area contributed by atoms with Crippen LogP contribution in [0, 0.1) is 0 Å². The van der Waals surface area contributed by atoms with Crippen LogP contribution in [0.25, 0.3) is 11.4 Å². The lowest BCUT2D eigenvalue weighted by Gasteiger charge is -2.06. The van der Waals surface area contributed by atoms with Gasteiger partial charge in [0.25, 0.3) is 0 Å². The van der Waals surface area contributed by atoms with Crippen molar-refractivity contribution in [2.45, 2.75) is 22.7 Å². The second-order valence-electron chi connectivity index (χ2n) is 5.27. The van der Waals surface area contributed by atoms with Gasteiger partial charge in [0.2, 0.25) is 5.16 Å². The number of nitrogen functional groups attached to an aromatic ring is 1. The predicted molar refractivity (Wildman–Crippen MR) is 105 cm³/mol. The van der Waals surface area contributed by atoms with E-state index in [1.807, 2.05) is 31.2 Å². The number of hydrogen-bond donors (Lipinski definition) is 1. The van der Waals surface area contributed by atoms with Crippen molar-refractivity contribution in [2.24, 2.45) is 0 Å². The van der Waals surface area contributed by atoms with E-state index < -0.39 is 0 Å². The highest BCUT2D eigenvalue weighted by Gasteiger charge is 2.12. The molecule has 0 saturated heterocycles. The predicted octanol–water partition coefficient (Wildman–Crippen LogP) is 4.07. The molecule has 0 atom stereocenters. The minimum atomic E-state index is 0.642. The highest BCUT2D eigenvalue weighted by molar-refractivity contribution is 7.98. The first-order valence-electron chi connectivity index (χ1n) is 7.90. The first-order chi connectivity index (χ1) is 12.2. The van der Waals surface area contributed by atoms with Crippen molar-refractivity contribution in [3.05, 3.63) is 54.1 Å². The fourth-order valence-electron chi connectivity index (χ4n) is 2.31. The van der Waals surface area contributed by atoms with Crippen LogP contribution in [0.5, 0.6) is 5.75 Å². The van der Waals surface area contributed by atoms with Crippen LogP contribution in [-0.4, -0.2) is 27.7 Å². The summed E-state index contributed by atoms with van der Waals surface area (Å²) in [6.45, 7) is 2.60. The van der Waals surface area contributed by atoms with Gasteiger partial charge in [0, 0.05) is 16.2 Å². The maximum absolute atomic E-state index is 6.18. The number of thioether (sulfide) groups is 2. The largest absolute Gasteiger partial charge is 0.494 e. The van der Waals surface area contributed by atoms with Gasteiger partial charge in [-0.25, -0.2) is 4.68 Å². The van der Waals surface area contributed by atoms with Crippen LogP contribution in [0.15, 0.2) is 58.6 Å². The minimum Gasteiger partial charge on any atom is -0.494 e. The van der Waals surface area contributed by atoms with Crippen molar-refractivity contribution in [2.75, 3.05) is 18.7 Å². The van der Waals surface area contributed by atoms with E-state index in [1.54, 1.807) is 23.5 Å². The molecule has 0 fully saturated rings. The first-order valence-corrected chi connectivity index (χ1v) is 10.1. The Morgan fingerprint density at radius 2 is 1.76 bits per heavy atom. The number of aromatic nitrogens is 3. The summed E-state index contributed by atoms with van der Waals surface area (Å²) in [5.41, 5.74) is 2.14. The normalized spacial score (nSPS) is 10.8. The lowest BCUT2D eigenvalue weighted by molar-refractivity contribution is 0.340. The summed E-state index contributed by atoms with van der Waals surface area (Å²) >= 11 is 3.31. The second-order valence-corrected chi connectivity index (χ2v) is 7.09. The highest BCUT2D eigenvalue weighted by Crippen LogP contribution is 2.26. The first kappa shape index (κ1) is 17.7. The van der Waals surface area contributed by atoms with Crippen LogP contribution >= 0.6 is 23.5 Å². The van der Waals surface area contributed by atoms with Crippen LogP contribution in [0.3, 0.4) is 0 Å². The summed E-state index contributed by atoms with van der Waals surface area (Å²) in [7, 11) is 0. The van der Waals surface area contributed by atoms with Crippen molar-refractivity contribution in [3.63, 3.8) is 0 Å². The lowest BCUT2D eigenvalue weighted by Crippen LogP contribution is -2.11. The Labute approximate surface area is 156 Å². The molecule has 0 aliphatic rings. The van der Waals surface area contributed by atoms with Crippen molar-refractivity contribution < 1.29 is 4.74 Å². The molecular formula is C18H20N4OS2. The van der Waals surface area contributed by atoms with E-state index in [0.29, 0.717) is 17.6 Å². The maximum atomic E-state index is 6.18. The van der Waals surface area contributed by atoms with Gasteiger partial charge in [-0.2, -0.15) is 0 Å². The van der Waals surface area contributed by atoms with E-state index in [0.717, 1.165) is 17.1 Å². The molecule has 0 saturated carbocycles. The molecular weight excluding hydrogens is 352 g/mol. The van der Waals surface area contributed by atoms with Crippen LogP contribution in [0.2, 0.25) is 0 Å². The van der Waals surface area contributed by atoms with Crippen molar-refractivity contribution in [1.82, 2.24) is 14.9 Å². The van der Waals surface area contributed by atoms with Crippen LogP contribution in [0.1, 0.15) is 12.5 Å². The summed E-state index contributed by atoms with van der Waals surface area (Å²) in [5.74, 6) is 8.45. The zero-order valence-corrected chi connectivity index (χ0v) is 15.8. The molecule has 2 aromatic carbocycles. The lowest BCUT2D eigenvalue weighted by atomic mass is 10.2. The molecule has 0 unspecified atom stereocenters. The monoisotopic (exact) mass is 372 g/mol. The van der Waals surface area contributed by atoms with Gasteiger partial charge in [0.05, 0.1) is 6.61 Å². The third-order valence-corrected chi connectivity index (χ3v) is 5.37. The van der Waals surface area contributed by atoms with Gasteiger partial charge >= 0.3 is 0 Å². The summed E-state index contributed by atoms with van der Waals surface area (Å²) in [5, 5.41) is 9.13. The summed E-state index contributed by atoms with van der Waals surface area (Å²) in [6.07, 6.45) is 2.07. The molecule has 5 nitrogen and oxygen atoms in total. The molecule has 0 amide bonds. The molecule has 0 aliphatic heterocycles. The average Bonchev–Trinajstić information content (AvgIpc) is 3.02. The molecule has 1 heterocycles. The number of rotatable bonds is 7. The van der Waals surface area contributed by atoms with Crippen molar-refractivity contribution in [1.29, 1.82) is 0 Å². The molecule has 7 heteroatoms. The Bertz CT molecular complexity index is 816. The molecule has 1 aromatic heterocycles. The van der Waals surface area contributed by atoms with E-state index in [4.69, 9.17) is 10.6 Å². The molecule has 130 valence electrons. The number of hydrogen-bond acceptors (Lipinski definition) is 6. The minimum absolute atomic E-state index is 0.642. The van der Waals surface area contributed by atoms with Gasteiger partial charge in [0.15, 0.2) is 5.82 Å². The van der Waals surface area contributed by atoms with E-state index in [1.165, 1.54) is 15.1 Å². The zero-order chi connectivity index (χ0) is 17.6. The smallest absolute Gasteiger partial charge is 0.210 e. The Morgan fingerprint density at radius 1 is 1.04 bits per heavy atom. The number of nitrogens with zero attached hydrogens (tertiary/aromatic N) is 3. The Kier molecular flexibility index (Phi) is 5.88. The molecule has 0 radical (unpaired) electrons. The SMILES string of the molecule is CCOc1ccc(-c2nnc(SCc3ccc(SC)cc3)n2N)cc1. The van der Waals surface area contributed by atoms with Gasteiger partial charge < -0.3 is 10.6 Å². The average molecular weight is 373 g/mol. The molecule has 0 spiro atoms.